The summed E-state index contributed by atoms with van der Waals surface area (Å²) < 4.78 is 5.08. The number of aliphatic carboxylic acids is 1. The Morgan fingerprint density at radius 3 is 2.44 bits per heavy atom. The van der Waals surface area contributed by atoms with Gasteiger partial charge in [0.05, 0.1) is 0 Å². The Bertz CT molecular complexity index is 855. The number of rotatable bonds is 8. The maximum Gasteiger partial charge on any atom is 0.341 e. The van der Waals surface area contributed by atoms with Crippen LogP contribution >= 0.6 is 0 Å². The highest BCUT2D eigenvalue weighted by molar-refractivity contribution is 5.94. The van der Waals surface area contributed by atoms with Crippen LogP contribution < -0.4 is 10.3 Å². The Morgan fingerprint density at radius 2 is 1.85 bits per heavy atom. The summed E-state index contributed by atoms with van der Waals surface area (Å²) >= 11 is 0. The molecule has 0 spiro atoms. The molecule has 0 aliphatic rings. The largest absolute Gasteiger partial charge is 0.482 e. The summed E-state index contributed by atoms with van der Waals surface area (Å²) in [5.41, 5.74) is 1.68. The van der Waals surface area contributed by atoms with E-state index in [1.807, 2.05) is 13.8 Å². The standard InChI is InChI=1S/C20H24N2O5/c1-13(2)8-16-9-15(10-18(23)21-16)20(26)22(3)11-14-4-6-17(7-5-14)27-12-19(24)25/h4-7,9-10,13H,8,11-12H2,1-3H3,(H,21,23)(H,24,25). The van der Waals surface area contributed by atoms with Crippen LogP contribution in [0, 0.1) is 5.92 Å². The van der Waals surface area contributed by atoms with Gasteiger partial charge in [-0.2, -0.15) is 0 Å². The molecule has 27 heavy (non-hydrogen) atoms. The van der Waals surface area contributed by atoms with Crippen molar-refractivity contribution < 1.29 is 19.4 Å². The lowest BCUT2D eigenvalue weighted by atomic mass is 10.1. The van der Waals surface area contributed by atoms with Crippen molar-refractivity contribution in [3.63, 3.8) is 0 Å². The highest BCUT2D eigenvalue weighted by Crippen LogP contribution is 2.15. The van der Waals surface area contributed by atoms with Gasteiger partial charge in [-0.25, -0.2) is 4.79 Å². The molecule has 0 radical (unpaired) electrons. The second-order valence-electron chi connectivity index (χ2n) is 6.84. The van der Waals surface area contributed by atoms with Gasteiger partial charge in [-0.15, -0.1) is 0 Å². The molecular weight excluding hydrogens is 348 g/mol. The molecular formula is C20H24N2O5. The Kier molecular flexibility index (Phi) is 6.76. The number of ether oxygens (including phenoxy) is 1. The third kappa shape index (κ3) is 6.29. The number of aromatic nitrogens is 1. The Balaban J connectivity index is 2.06. The maximum atomic E-state index is 12.7. The molecule has 0 fully saturated rings. The SMILES string of the molecule is CC(C)Cc1cc(C(=O)N(C)Cc2ccc(OCC(=O)O)cc2)cc(=O)[nH]1. The number of nitrogens with zero attached hydrogens (tertiary/aromatic N) is 1. The van der Waals surface area contributed by atoms with Gasteiger partial charge in [0.1, 0.15) is 5.75 Å². The van der Waals surface area contributed by atoms with Crippen LogP contribution in [0.1, 0.15) is 35.5 Å². The van der Waals surface area contributed by atoms with Crippen molar-refractivity contribution in [2.24, 2.45) is 5.92 Å². The molecule has 0 bridgehead atoms. The van der Waals surface area contributed by atoms with Gasteiger partial charge in [0.25, 0.3) is 5.91 Å². The fourth-order valence-corrected chi connectivity index (χ4v) is 2.68. The summed E-state index contributed by atoms with van der Waals surface area (Å²) in [6.07, 6.45) is 0.692. The summed E-state index contributed by atoms with van der Waals surface area (Å²) in [7, 11) is 1.67. The summed E-state index contributed by atoms with van der Waals surface area (Å²) in [6.45, 7) is 4.04. The first kappa shape index (κ1) is 20.2. The van der Waals surface area contributed by atoms with E-state index in [9.17, 15) is 14.4 Å². The minimum Gasteiger partial charge on any atom is -0.482 e. The van der Waals surface area contributed by atoms with Crippen LogP contribution in [0.3, 0.4) is 0 Å². The van der Waals surface area contributed by atoms with Crippen molar-refractivity contribution >= 4 is 11.9 Å². The van der Waals surface area contributed by atoms with E-state index >= 15 is 0 Å². The van der Waals surface area contributed by atoms with Gasteiger partial charge >= 0.3 is 5.97 Å². The van der Waals surface area contributed by atoms with E-state index in [2.05, 4.69) is 4.98 Å². The van der Waals surface area contributed by atoms with Gasteiger partial charge in [0, 0.05) is 30.9 Å². The van der Waals surface area contributed by atoms with Crippen LogP contribution in [-0.4, -0.2) is 40.5 Å². The van der Waals surface area contributed by atoms with E-state index in [1.165, 1.54) is 11.0 Å². The molecule has 2 rings (SSSR count). The predicted molar refractivity (Wildman–Crippen MR) is 101 cm³/mol. The van der Waals surface area contributed by atoms with Gasteiger partial charge in [0.15, 0.2) is 6.61 Å². The zero-order chi connectivity index (χ0) is 20.0. The number of carbonyl (C=O) groups is 2. The summed E-state index contributed by atoms with van der Waals surface area (Å²) in [5, 5.41) is 8.61. The fourth-order valence-electron chi connectivity index (χ4n) is 2.68. The number of nitrogens with one attached hydrogen (secondary N) is 1. The van der Waals surface area contributed by atoms with Crippen LogP contribution in [0.15, 0.2) is 41.2 Å². The topological polar surface area (TPSA) is 99.7 Å². The number of hydrogen-bond donors (Lipinski definition) is 2. The highest BCUT2D eigenvalue weighted by atomic mass is 16.5. The van der Waals surface area contributed by atoms with Gasteiger partial charge in [0.2, 0.25) is 5.56 Å². The molecule has 7 nitrogen and oxygen atoms in total. The zero-order valence-electron chi connectivity index (χ0n) is 15.7. The number of benzene rings is 1. The van der Waals surface area contributed by atoms with Gasteiger partial charge in [-0.3, -0.25) is 9.59 Å². The van der Waals surface area contributed by atoms with Crippen LogP contribution in [0.2, 0.25) is 0 Å². The van der Waals surface area contributed by atoms with Crippen molar-refractivity contribution in [2.45, 2.75) is 26.8 Å². The maximum absolute atomic E-state index is 12.7. The van der Waals surface area contributed by atoms with E-state index in [0.717, 1.165) is 11.3 Å². The monoisotopic (exact) mass is 372 g/mol. The minimum absolute atomic E-state index is 0.239. The lowest BCUT2D eigenvalue weighted by molar-refractivity contribution is -0.139. The number of pyridine rings is 1. The zero-order valence-corrected chi connectivity index (χ0v) is 15.7. The fraction of sp³-hybridized carbons (Fsp3) is 0.350. The number of aromatic amines is 1. The second kappa shape index (κ2) is 9.02. The molecule has 0 aliphatic heterocycles. The molecule has 0 saturated heterocycles. The molecule has 0 saturated carbocycles. The van der Waals surface area contributed by atoms with Crippen LogP contribution in [-0.2, 0) is 17.8 Å². The number of hydrogen-bond acceptors (Lipinski definition) is 4. The highest BCUT2D eigenvalue weighted by Gasteiger charge is 2.14. The quantitative estimate of drug-likeness (QED) is 0.741. The average Bonchev–Trinajstić information content (AvgIpc) is 2.59. The lowest BCUT2D eigenvalue weighted by Gasteiger charge is -2.18. The Morgan fingerprint density at radius 1 is 1.19 bits per heavy atom. The third-order valence-electron chi connectivity index (χ3n) is 3.83. The molecule has 0 atom stereocenters. The van der Waals surface area contributed by atoms with E-state index in [4.69, 9.17) is 9.84 Å². The molecule has 2 N–H and O–H groups in total. The van der Waals surface area contributed by atoms with Crippen molar-refractivity contribution in [1.29, 1.82) is 0 Å². The van der Waals surface area contributed by atoms with Crippen LogP contribution in [0.5, 0.6) is 5.75 Å². The average molecular weight is 372 g/mol. The molecule has 1 aromatic carbocycles. The molecule has 2 aromatic rings. The van der Waals surface area contributed by atoms with E-state index in [0.29, 0.717) is 30.2 Å². The molecule has 1 aromatic heterocycles. The molecule has 7 heteroatoms. The first-order chi connectivity index (χ1) is 12.7. The lowest BCUT2D eigenvalue weighted by Crippen LogP contribution is -2.27. The Hall–Kier alpha value is -3.09. The number of carboxylic acid groups (broad SMARTS) is 1. The normalized spacial score (nSPS) is 10.7. The van der Waals surface area contributed by atoms with Gasteiger partial charge in [-0.1, -0.05) is 26.0 Å². The first-order valence-corrected chi connectivity index (χ1v) is 8.67. The summed E-state index contributed by atoms with van der Waals surface area (Å²) in [6, 6.07) is 9.88. The number of carbonyl (C=O) groups excluding carboxylic acids is 1. The summed E-state index contributed by atoms with van der Waals surface area (Å²) in [4.78, 5) is 39.3. The molecule has 1 heterocycles. The van der Waals surface area contributed by atoms with Crippen molar-refractivity contribution in [2.75, 3.05) is 13.7 Å². The van der Waals surface area contributed by atoms with Crippen molar-refractivity contribution in [3.8, 4) is 5.75 Å². The second-order valence-corrected chi connectivity index (χ2v) is 6.84. The van der Waals surface area contributed by atoms with E-state index in [1.54, 1.807) is 37.4 Å². The Labute approximate surface area is 157 Å². The number of carboxylic acids is 1. The minimum atomic E-state index is -1.04. The smallest absolute Gasteiger partial charge is 0.341 e. The molecule has 144 valence electrons. The van der Waals surface area contributed by atoms with Crippen molar-refractivity contribution in [1.82, 2.24) is 9.88 Å². The van der Waals surface area contributed by atoms with E-state index in [-0.39, 0.29) is 11.5 Å². The van der Waals surface area contributed by atoms with E-state index < -0.39 is 12.6 Å². The first-order valence-electron chi connectivity index (χ1n) is 8.67. The molecule has 0 aliphatic carbocycles. The summed E-state index contributed by atoms with van der Waals surface area (Å²) in [5.74, 6) is -0.468. The number of amides is 1. The third-order valence-corrected chi connectivity index (χ3v) is 3.83. The predicted octanol–water partition coefficient (Wildman–Crippen LogP) is 2.31. The molecule has 0 unspecified atom stereocenters. The number of H-pyrrole nitrogens is 1. The van der Waals surface area contributed by atoms with Gasteiger partial charge in [-0.05, 0) is 36.1 Å². The van der Waals surface area contributed by atoms with Crippen LogP contribution in [0.4, 0.5) is 0 Å². The molecule has 1 amide bonds. The van der Waals surface area contributed by atoms with Crippen molar-refractivity contribution in [3.05, 3.63) is 63.6 Å². The van der Waals surface area contributed by atoms with Crippen LogP contribution in [0.25, 0.3) is 0 Å². The van der Waals surface area contributed by atoms with Gasteiger partial charge < -0.3 is 19.7 Å².